The van der Waals surface area contributed by atoms with Crippen molar-refractivity contribution in [2.75, 3.05) is 55.4 Å². The summed E-state index contributed by atoms with van der Waals surface area (Å²) in [6, 6.07) is 21.7. The van der Waals surface area contributed by atoms with Crippen molar-refractivity contribution in [2.24, 2.45) is 5.73 Å². The van der Waals surface area contributed by atoms with Crippen molar-refractivity contribution < 1.29 is 9.59 Å². The topological polar surface area (TPSA) is 94.8 Å². The number of rotatable bonds is 6. The zero-order valence-corrected chi connectivity index (χ0v) is 21.1. The predicted octanol–water partition coefficient (Wildman–Crippen LogP) is 4.17. The standard InChI is InChI=1S/C27H28N6O2S/c1-31-13-15-33(16-14-31)21-10-8-19(9-11-21)25(35)30-26-23(24(28)34)29-27(36-26)32(2)22-12-7-18-5-3-4-6-20(18)17-22/h3-12,17H,13-16H2,1-2H3,(H2,28,34)(H,30,35). The fraction of sp³-hybridized carbons (Fsp3) is 0.222. The molecule has 5 rings (SSSR count). The van der Waals surface area contributed by atoms with E-state index in [0.29, 0.717) is 15.7 Å². The normalized spacial score (nSPS) is 14.1. The van der Waals surface area contributed by atoms with Crippen molar-refractivity contribution in [1.29, 1.82) is 0 Å². The molecular formula is C27H28N6O2S. The highest BCUT2D eigenvalue weighted by atomic mass is 32.1. The Kier molecular flexibility index (Phi) is 6.58. The minimum atomic E-state index is -0.690. The summed E-state index contributed by atoms with van der Waals surface area (Å²) in [7, 11) is 3.99. The molecule has 1 aliphatic rings. The molecule has 1 fully saturated rings. The summed E-state index contributed by atoms with van der Waals surface area (Å²) in [5.74, 6) is -1.00. The molecule has 8 nitrogen and oxygen atoms in total. The van der Waals surface area contributed by atoms with E-state index >= 15 is 0 Å². The van der Waals surface area contributed by atoms with Crippen LogP contribution in [0.15, 0.2) is 66.7 Å². The molecule has 0 spiro atoms. The molecule has 36 heavy (non-hydrogen) atoms. The molecule has 3 aromatic carbocycles. The largest absolute Gasteiger partial charge is 0.369 e. The van der Waals surface area contributed by atoms with Gasteiger partial charge in [-0.25, -0.2) is 4.98 Å². The molecular weight excluding hydrogens is 472 g/mol. The van der Waals surface area contributed by atoms with Crippen molar-refractivity contribution in [3.05, 3.63) is 78.0 Å². The van der Waals surface area contributed by atoms with Crippen molar-refractivity contribution in [2.45, 2.75) is 0 Å². The Morgan fingerprint density at radius 3 is 2.36 bits per heavy atom. The summed E-state index contributed by atoms with van der Waals surface area (Å²) in [5, 5.41) is 5.96. The monoisotopic (exact) mass is 500 g/mol. The molecule has 1 aromatic heterocycles. The summed E-state index contributed by atoms with van der Waals surface area (Å²) >= 11 is 1.21. The van der Waals surface area contributed by atoms with Crippen LogP contribution in [0.1, 0.15) is 20.8 Å². The van der Waals surface area contributed by atoms with Crippen molar-refractivity contribution in [3.8, 4) is 0 Å². The van der Waals surface area contributed by atoms with Gasteiger partial charge in [0.15, 0.2) is 10.8 Å². The molecule has 9 heteroatoms. The molecule has 0 atom stereocenters. The Morgan fingerprint density at radius 2 is 1.67 bits per heavy atom. The second kappa shape index (κ2) is 9.96. The number of amides is 2. The van der Waals surface area contributed by atoms with Gasteiger partial charge in [0.2, 0.25) is 0 Å². The van der Waals surface area contributed by atoms with Gasteiger partial charge < -0.3 is 25.8 Å². The van der Waals surface area contributed by atoms with E-state index in [-0.39, 0.29) is 11.6 Å². The Bertz CT molecular complexity index is 1410. The van der Waals surface area contributed by atoms with E-state index in [1.54, 1.807) is 12.1 Å². The first kappa shape index (κ1) is 23.8. The first-order valence-corrected chi connectivity index (χ1v) is 12.6. The third-order valence-corrected chi connectivity index (χ3v) is 7.53. The summed E-state index contributed by atoms with van der Waals surface area (Å²) in [5.41, 5.74) is 8.15. The fourth-order valence-electron chi connectivity index (χ4n) is 4.26. The van der Waals surface area contributed by atoms with Crippen LogP contribution in [0.25, 0.3) is 10.8 Å². The predicted molar refractivity (Wildman–Crippen MR) is 147 cm³/mol. The quantitative estimate of drug-likeness (QED) is 0.413. The minimum Gasteiger partial charge on any atom is -0.369 e. The molecule has 0 radical (unpaired) electrons. The number of hydrogen-bond donors (Lipinski definition) is 2. The van der Waals surface area contributed by atoms with Crippen molar-refractivity contribution in [3.63, 3.8) is 0 Å². The third kappa shape index (κ3) is 4.89. The van der Waals surface area contributed by atoms with Crippen LogP contribution in [-0.4, -0.2) is 62.0 Å². The highest BCUT2D eigenvalue weighted by molar-refractivity contribution is 7.20. The lowest BCUT2D eigenvalue weighted by atomic mass is 10.1. The number of anilines is 4. The van der Waals surface area contributed by atoms with E-state index in [4.69, 9.17) is 5.73 Å². The van der Waals surface area contributed by atoms with Crippen LogP contribution >= 0.6 is 11.3 Å². The zero-order chi connectivity index (χ0) is 25.2. The molecule has 0 saturated carbocycles. The summed E-state index contributed by atoms with van der Waals surface area (Å²) in [4.78, 5) is 36.0. The van der Waals surface area contributed by atoms with E-state index in [9.17, 15) is 9.59 Å². The molecule has 184 valence electrons. The number of primary amides is 1. The average Bonchev–Trinajstić information content (AvgIpc) is 3.32. The number of hydrogen-bond acceptors (Lipinski definition) is 7. The number of nitrogens with one attached hydrogen (secondary N) is 1. The molecule has 0 aliphatic carbocycles. The smallest absolute Gasteiger partial charge is 0.270 e. The number of piperazine rings is 1. The minimum absolute atomic E-state index is 0.0463. The van der Waals surface area contributed by atoms with E-state index in [2.05, 4.69) is 39.3 Å². The Labute approximate surface area is 213 Å². The van der Waals surface area contributed by atoms with Gasteiger partial charge in [-0.1, -0.05) is 41.7 Å². The van der Waals surface area contributed by atoms with Crippen LogP contribution in [0.2, 0.25) is 0 Å². The van der Waals surface area contributed by atoms with Gasteiger partial charge in [0.1, 0.15) is 5.00 Å². The Hall–Kier alpha value is -3.95. The van der Waals surface area contributed by atoms with Gasteiger partial charge >= 0.3 is 0 Å². The number of thiazole rings is 1. The van der Waals surface area contributed by atoms with Gasteiger partial charge in [-0.15, -0.1) is 0 Å². The molecule has 0 bridgehead atoms. The van der Waals surface area contributed by atoms with E-state index in [0.717, 1.165) is 48.3 Å². The number of carbonyl (C=O) groups excluding carboxylic acids is 2. The lowest BCUT2D eigenvalue weighted by molar-refractivity contribution is 0.0997. The second-order valence-electron chi connectivity index (χ2n) is 8.92. The molecule has 3 N–H and O–H groups in total. The van der Waals surface area contributed by atoms with E-state index < -0.39 is 5.91 Å². The van der Waals surface area contributed by atoms with Gasteiger partial charge in [0, 0.05) is 50.2 Å². The van der Waals surface area contributed by atoms with Crippen molar-refractivity contribution in [1.82, 2.24) is 9.88 Å². The van der Waals surface area contributed by atoms with E-state index in [1.165, 1.54) is 11.3 Å². The maximum Gasteiger partial charge on any atom is 0.270 e. The lowest BCUT2D eigenvalue weighted by Gasteiger charge is -2.34. The van der Waals surface area contributed by atoms with Gasteiger partial charge in [0.25, 0.3) is 11.8 Å². The van der Waals surface area contributed by atoms with Gasteiger partial charge in [-0.3, -0.25) is 9.59 Å². The number of benzene rings is 3. The van der Waals surface area contributed by atoms with Gasteiger partial charge in [-0.05, 0) is 54.2 Å². The van der Waals surface area contributed by atoms with Gasteiger partial charge in [-0.2, -0.15) is 0 Å². The lowest BCUT2D eigenvalue weighted by Crippen LogP contribution is -2.44. The number of nitrogens with zero attached hydrogens (tertiary/aromatic N) is 4. The second-order valence-corrected chi connectivity index (χ2v) is 9.90. The van der Waals surface area contributed by atoms with Gasteiger partial charge in [0.05, 0.1) is 0 Å². The summed E-state index contributed by atoms with van der Waals surface area (Å²) in [6.45, 7) is 3.94. The molecule has 2 heterocycles. The van der Waals surface area contributed by atoms with Crippen LogP contribution in [0, 0.1) is 0 Å². The SMILES string of the molecule is CN1CCN(c2ccc(C(=O)Nc3sc(N(C)c4ccc5ccccc5c4)nc3C(N)=O)cc2)CC1. The fourth-order valence-corrected chi connectivity index (χ4v) is 5.21. The third-order valence-electron chi connectivity index (χ3n) is 6.48. The summed E-state index contributed by atoms with van der Waals surface area (Å²) < 4.78 is 0. The van der Waals surface area contributed by atoms with E-state index in [1.807, 2.05) is 54.4 Å². The molecule has 0 unspecified atom stereocenters. The molecule has 4 aromatic rings. The first-order valence-electron chi connectivity index (χ1n) is 11.8. The maximum atomic E-state index is 13.0. The highest BCUT2D eigenvalue weighted by Crippen LogP contribution is 2.35. The Balaban J connectivity index is 1.34. The Morgan fingerprint density at radius 1 is 0.972 bits per heavy atom. The van der Waals surface area contributed by atoms with Crippen LogP contribution in [-0.2, 0) is 0 Å². The number of likely N-dealkylation sites (N-methyl/N-ethyl adjacent to an activating group) is 1. The van der Waals surface area contributed by atoms with Crippen LogP contribution in [0.5, 0.6) is 0 Å². The maximum absolute atomic E-state index is 13.0. The molecule has 2 amide bonds. The van der Waals surface area contributed by atoms with Crippen LogP contribution < -0.4 is 20.9 Å². The summed E-state index contributed by atoms with van der Waals surface area (Å²) in [6.07, 6.45) is 0. The molecule has 1 saturated heterocycles. The number of aromatic nitrogens is 1. The van der Waals surface area contributed by atoms with Crippen LogP contribution in [0.4, 0.5) is 21.5 Å². The number of nitrogens with two attached hydrogens (primary N) is 1. The molecule has 1 aliphatic heterocycles. The zero-order valence-electron chi connectivity index (χ0n) is 20.3. The number of fused-ring (bicyclic) bond motifs is 1. The van der Waals surface area contributed by atoms with Crippen molar-refractivity contribution >= 4 is 55.4 Å². The first-order chi connectivity index (χ1) is 17.4. The number of carbonyl (C=O) groups is 2. The highest BCUT2D eigenvalue weighted by Gasteiger charge is 2.22. The van der Waals surface area contributed by atoms with Crippen LogP contribution in [0.3, 0.4) is 0 Å². The average molecular weight is 501 g/mol.